The fourth-order valence-electron chi connectivity index (χ4n) is 6.66. The molecule has 4 bridgehead atoms. The molecule has 0 aromatic carbocycles. The monoisotopic (exact) mass is 430 g/mol. The van der Waals surface area contributed by atoms with E-state index in [9.17, 15) is 4.57 Å². The number of nitrogens with two attached hydrogens (primary N) is 2. The topological polar surface area (TPSA) is 119 Å². The van der Waals surface area contributed by atoms with Crippen LogP contribution in [0.3, 0.4) is 0 Å². The van der Waals surface area contributed by atoms with Gasteiger partial charge in [-0.3, -0.25) is 4.52 Å². The third-order valence-corrected chi connectivity index (χ3v) is 8.22. The Bertz CT molecular complexity index is 490. The molecule has 6 aliphatic rings. The highest BCUT2D eigenvalue weighted by Crippen LogP contribution is 2.60. The normalized spacial score (nSPS) is 37.3. The molecule has 0 heterocycles. The molecule has 0 saturated heterocycles. The summed E-state index contributed by atoms with van der Waals surface area (Å²) in [6.07, 6.45) is 19.7. The number of hydrogen-bond acceptors (Lipinski definition) is 4. The van der Waals surface area contributed by atoms with Gasteiger partial charge in [0.25, 0.3) is 0 Å². The van der Waals surface area contributed by atoms with Gasteiger partial charge in [0.05, 0.1) is 5.60 Å². The molecule has 0 atom stereocenters. The first-order chi connectivity index (χ1) is 13.7. The third kappa shape index (κ3) is 7.90. The van der Waals surface area contributed by atoms with E-state index >= 15 is 0 Å². The van der Waals surface area contributed by atoms with Gasteiger partial charge in [-0.25, -0.2) is 4.57 Å². The zero-order valence-corrected chi connectivity index (χ0v) is 18.9. The van der Waals surface area contributed by atoms with Crippen molar-refractivity contribution in [2.24, 2.45) is 29.2 Å². The average Bonchev–Trinajstić information content (AvgIpc) is 2.61. The summed E-state index contributed by atoms with van der Waals surface area (Å²) in [4.78, 5) is 17.9. The van der Waals surface area contributed by atoms with Crippen LogP contribution in [-0.4, -0.2) is 27.5 Å². The molecule has 29 heavy (non-hydrogen) atoms. The largest absolute Gasteiger partial charge is 0.470 e. The van der Waals surface area contributed by atoms with Crippen molar-refractivity contribution >= 4 is 7.82 Å². The summed E-state index contributed by atoms with van der Waals surface area (Å²) in [6.45, 7) is 0. The van der Waals surface area contributed by atoms with E-state index in [2.05, 4.69) is 0 Å². The molecule has 0 aromatic rings. The van der Waals surface area contributed by atoms with Crippen molar-refractivity contribution in [3.05, 3.63) is 0 Å². The maximum atomic E-state index is 11.0. The second kappa shape index (κ2) is 10.6. The van der Waals surface area contributed by atoms with Crippen molar-refractivity contribution in [1.82, 2.24) is 0 Å². The minimum atomic E-state index is -4.31. The molecular formula is C22H43N2O4P. The number of phosphoric acid groups is 1. The van der Waals surface area contributed by atoms with Crippen molar-refractivity contribution < 1.29 is 18.9 Å². The van der Waals surface area contributed by atoms with Gasteiger partial charge in [-0.1, -0.05) is 38.5 Å². The van der Waals surface area contributed by atoms with E-state index in [0.29, 0.717) is 29.8 Å². The third-order valence-electron chi connectivity index (χ3n) is 7.59. The standard InChI is InChI=1S/C10H17O4P.2C6H13N/c11-15(12,13)14-10-4-7-1-8(5-10)3-9(2-7)6-10;2*7-6-4-2-1-3-5-6/h7-9H,1-6H2,(H2,11,12,13);2*6H,1-5,7H2. The van der Waals surface area contributed by atoms with Gasteiger partial charge < -0.3 is 21.3 Å². The van der Waals surface area contributed by atoms with Gasteiger partial charge in [0.2, 0.25) is 0 Å². The van der Waals surface area contributed by atoms with Gasteiger partial charge in [-0.05, 0) is 82.0 Å². The minimum absolute atomic E-state index is 0.478. The van der Waals surface area contributed by atoms with Crippen molar-refractivity contribution in [1.29, 1.82) is 0 Å². The fraction of sp³-hybridized carbons (Fsp3) is 1.00. The van der Waals surface area contributed by atoms with Crippen molar-refractivity contribution in [3.63, 3.8) is 0 Å². The Labute approximate surface area is 176 Å². The highest BCUT2D eigenvalue weighted by atomic mass is 31.2. The van der Waals surface area contributed by atoms with E-state index in [0.717, 1.165) is 19.3 Å². The summed E-state index contributed by atoms with van der Waals surface area (Å²) in [5.41, 5.74) is 10.8. The second-order valence-electron chi connectivity index (χ2n) is 10.5. The lowest BCUT2D eigenvalue weighted by Gasteiger charge is -2.55. The Hall–Kier alpha value is 0.0300. The van der Waals surface area contributed by atoms with Crippen LogP contribution in [0, 0.1) is 17.8 Å². The fourth-order valence-corrected chi connectivity index (χ4v) is 7.39. The molecular weight excluding hydrogens is 387 g/mol. The highest BCUT2D eigenvalue weighted by Gasteiger charge is 2.53. The molecule has 7 heteroatoms. The van der Waals surface area contributed by atoms with Crippen LogP contribution in [0.1, 0.15) is 103 Å². The van der Waals surface area contributed by atoms with Crippen LogP contribution in [0.4, 0.5) is 0 Å². The summed E-state index contributed by atoms with van der Waals surface area (Å²) >= 11 is 0. The van der Waals surface area contributed by atoms with Crippen molar-refractivity contribution in [2.45, 2.75) is 120 Å². The first kappa shape index (κ1) is 23.7. The lowest BCUT2D eigenvalue weighted by molar-refractivity contribution is -0.117. The van der Waals surface area contributed by atoms with Crippen LogP contribution in [0.25, 0.3) is 0 Å². The molecule has 6 saturated carbocycles. The van der Waals surface area contributed by atoms with Crippen LogP contribution in [0.5, 0.6) is 0 Å². The molecule has 0 aromatic heterocycles. The van der Waals surface area contributed by atoms with Crippen LogP contribution >= 0.6 is 7.82 Å². The maximum Gasteiger partial charge on any atom is 0.470 e. The zero-order chi connectivity index (χ0) is 20.9. The zero-order valence-electron chi connectivity index (χ0n) is 18.0. The van der Waals surface area contributed by atoms with E-state index < -0.39 is 13.4 Å². The van der Waals surface area contributed by atoms with Gasteiger partial charge in [0, 0.05) is 12.1 Å². The van der Waals surface area contributed by atoms with Crippen LogP contribution < -0.4 is 11.5 Å². The number of hydrogen-bond donors (Lipinski definition) is 4. The van der Waals surface area contributed by atoms with E-state index in [1.165, 1.54) is 83.5 Å². The van der Waals surface area contributed by atoms with E-state index in [1.807, 2.05) is 0 Å². The first-order valence-electron chi connectivity index (χ1n) is 12.0. The summed E-state index contributed by atoms with van der Waals surface area (Å²) < 4.78 is 16.1. The number of phosphoric ester groups is 1. The van der Waals surface area contributed by atoms with Gasteiger partial charge in [0.15, 0.2) is 0 Å². The SMILES string of the molecule is NC1CCCCC1.NC1CCCCC1.O=P(O)(O)OC12CC3CC(CC(C3)C1)C2. The average molecular weight is 431 g/mol. The first-order valence-corrected chi connectivity index (χ1v) is 13.5. The Balaban J connectivity index is 0.000000143. The molecule has 6 rings (SSSR count). The Morgan fingerprint density at radius 3 is 1.28 bits per heavy atom. The van der Waals surface area contributed by atoms with E-state index in [1.54, 1.807) is 0 Å². The maximum absolute atomic E-state index is 11.0. The molecule has 170 valence electrons. The summed E-state index contributed by atoms with van der Waals surface area (Å²) in [5, 5.41) is 0. The van der Waals surface area contributed by atoms with E-state index in [-0.39, 0.29) is 0 Å². The molecule has 0 spiro atoms. The van der Waals surface area contributed by atoms with Crippen LogP contribution in [0.15, 0.2) is 0 Å². The van der Waals surface area contributed by atoms with Crippen molar-refractivity contribution in [3.8, 4) is 0 Å². The summed E-state index contributed by atoms with van der Waals surface area (Å²) in [5.74, 6) is 1.97. The van der Waals surface area contributed by atoms with Gasteiger partial charge in [0.1, 0.15) is 0 Å². The summed E-state index contributed by atoms with van der Waals surface area (Å²) in [7, 11) is -4.31. The predicted molar refractivity (Wildman–Crippen MR) is 116 cm³/mol. The predicted octanol–water partition coefficient (Wildman–Crippen LogP) is 4.62. The quantitative estimate of drug-likeness (QED) is 0.475. The molecule has 6 fully saturated rings. The lowest BCUT2D eigenvalue weighted by atomic mass is 9.54. The molecule has 0 amide bonds. The number of rotatable bonds is 2. The molecule has 6 nitrogen and oxygen atoms in total. The Morgan fingerprint density at radius 1 is 0.690 bits per heavy atom. The molecule has 0 unspecified atom stereocenters. The smallest absolute Gasteiger partial charge is 0.328 e. The Kier molecular flexibility index (Phi) is 8.63. The molecule has 6 N–H and O–H groups in total. The van der Waals surface area contributed by atoms with Crippen LogP contribution in [0.2, 0.25) is 0 Å². The second-order valence-corrected chi connectivity index (χ2v) is 11.6. The summed E-state index contributed by atoms with van der Waals surface area (Å²) in [6, 6.07) is 1.07. The van der Waals surface area contributed by atoms with E-state index in [4.69, 9.17) is 25.8 Å². The van der Waals surface area contributed by atoms with Gasteiger partial charge in [-0.15, -0.1) is 0 Å². The van der Waals surface area contributed by atoms with Crippen LogP contribution in [-0.2, 0) is 9.09 Å². The molecule has 0 aliphatic heterocycles. The van der Waals surface area contributed by atoms with Crippen molar-refractivity contribution in [2.75, 3.05) is 0 Å². The molecule has 0 radical (unpaired) electrons. The van der Waals surface area contributed by atoms with Gasteiger partial charge >= 0.3 is 7.82 Å². The Morgan fingerprint density at radius 2 is 1.03 bits per heavy atom. The highest BCUT2D eigenvalue weighted by molar-refractivity contribution is 7.46. The van der Waals surface area contributed by atoms with Gasteiger partial charge in [-0.2, -0.15) is 0 Å². The lowest BCUT2D eigenvalue weighted by Crippen LogP contribution is -2.51. The minimum Gasteiger partial charge on any atom is -0.328 e. The molecule has 6 aliphatic carbocycles.